The summed E-state index contributed by atoms with van der Waals surface area (Å²) < 4.78 is 4.73. The maximum Gasteiger partial charge on any atom is 0.338 e. The van der Waals surface area contributed by atoms with Crippen molar-refractivity contribution in [3.8, 4) is 5.75 Å². The van der Waals surface area contributed by atoms with Crippen LogP contribution in [0.2, 0.25) is 0 Å². The lowest BCUT2D eigenvalue weighted by molar-refractivity contribution is 0.0599. The smallest absolute Gasteiger partial charge is 0.338 e. The van der Waals surface area contributed by atoms with Gasteiger partial charge in [0.2, 0.25) is 0 Å². The third-order valence-electron chi connectivity index (χ3n) is 3.21. The summed E-state index contributed by atoms with van der Waals surface area (Å²) in [4.78, 5) is 23.7. The summed E-state index contributed by atoms with van der Waals surface area (Å²) >= 11 is 0. The van der Waals surface area contributed by atoms with Gasteiger partial charge in [-0.05, 0) is 30.2 Å². The average Bonchev–Trinajstić information content (AvgIpc) is 2.52. The number of hydrogen-bond acceptors (Lipinski definition) is 4. The number of benzene rings is 2. The molecule has 0 heterocycles. The van der Waals surface area contributed by atoms with Gasteiger partial charge in [-0.1, -0.05) is 30.3 Å². The molecule has 0 radical (unpaired) electrons. The first-order valence-electron chi connectivity index (χ1n) is 6.60. The van der Waals surface area contributed by atoms with Gasteiger partial charge in [0.1, 0.15) is 5.75 Å². The Kier molecular flexibility index (Phi) is 4.72. The molecule has 0 unspecified atom stereocenters. The van der Waals surface area contributed by atoms with Crippen molar-refractivity contribution >= 4 is 11.8 Å². The molecule has 0 saturated heterocycles. The van der Waals surface area contributed by atoms with Gasteiger partial charge in [-0.2, -0.15) is 0 Å². The number of Topliss-reactive ketones (excluding diaryl/α,β-unsaturated/α-hetero) is 1. The summed E-state index contributed by atoms with van der Waals surface area (Å²) in [6.07, 6.45) is 0.706. The van der Waals surface area contributed by atoms with E-state index < -0.39 is 5.97 Å². The first-order chi connectivity index (χ1) is 10.1. The molecule has 0 spiro atoms. The number of hydrogen-bond donors (Lipinski definition) is 1. The van der Waals surface area contributed by atoms with Gasteiger partial charge in [0.25, 0.3) is 0 Å². The zero-order valence-electron chi connectivity index (χ0n) is 11.7. The van der Waals surface area contributed by atoms with E-state index in [1.165, 1.54) is 19.2 Å². The minimum absolute atomic E-state index is 0.0656. The maximum atomic E-state index is 12.1. The third kappa shape index (κ3) is 3.69. The van der Waals surface area contributed by atoms with Gasteiger partial charge < -0.3 is 9.84 Å². The van der Waals surface area contributed by atoms with Crippen LogP contribution in [0, 0.1) is 0 Å². The van der Waals surface area contributed by atoms with Gasteiger partial charge in [-0.3, -0.25) is 4.79 Å². The summed E-state index contributed by atoms with van der Waals surface area (Å²) in [6.45, 7) is 0. The van der Waals surface area contributed by atoms with Crippen LogP contribution >= 0.6 is 0 Å². The largest absolute Gasteiger partial charge is 0.508 e. The molecular weight excluding hydrogens is 268 g/mol. The van der Waals surface area contributed by atoms with Crippen molar-refractivity contribution in [3.63, 3.8) is 0 Å². The van der Waals surface area contributed by atoms with Crippen LogP contribution in [0.3, 0.4) is 0 Å². The molecule has 0 atom stereocenters. The van der Waals surface area contributed by atoms with Gasteiger partial charge in [0, 0.05) is 12.0 Å². The van der Waals surface area contributed by atoms with Gasteiger partial charge >= 0.3 is 5.97 Å². The van der Waals surface area contributed by atoms with E-state index in [0.29, 0.717) is 17.5 Å². The van der Waals surface area contributed by atoms with Crippen molar-refractivity contribution in [2.45, 2.75) is 12.8 Å². The lowest BCUT2D eigenvalue weighted by atomic mass is 9.99. The quantitative estimate of drug-likeness (QED) is 0.677. The van der Waals surface area contributed by atoms with Crippen LogP contribution in [0.4, 0.5) is 0 Å². The highest BCUT2D eigenvalue weighted by atomic mass is 16.5. The van der Waals surface area contributed by atoms with Crippen molar-refractivity contribution < 1.29 is 19.4 Å². The molecule has 4 nitrogen and oxygen atoms in total. The van der Waals surface area contributed by atoms with Crippen LogP contribution < -0.4 is 0 Å². The highest BCUT2D eigenvalue weighted by molar-refractivity contribution is 5.97. The number of carbonyl (C=O) groups excluding carboxylic acids is 2. The zero-order chi connectivity index (χ0) is 15.2. The van der Waals surface area contributed by atoms with E-state index in [1.54, 1.807) is 24.3 Å². The van der Waals surface area contributed by atoms with E-state index in [-0.39, 0.29) is 18.0 Å². The molecule has 0 saturated carbocycles. The van der Waals surface area contributed by atoms with E-state index in [4.69, 9.17) is 4.74 Å². The predicted octanol–water partition coefficient (Wildman–Crippen LogP) is 2.99. The van der Waals surface area contributed by atoms with Gasteiger partial charge in [0.15, 0.2) is 5.78 Å². The summed E-state index contributed by atoms with van der Waals surface area (Å²) in [7, 11) is 1.33. The highest BCUT2D eigenvalue weighted by Crippen LogP contribution is 2.16. The second kappa shape index (κ2) is 6.70. The second-order valence-corrected chi connectivity index (χ2v) is 4.62. The normalized spacial score (nSPS) is 10.1. The fourth-order valence-electron chi connectivity index (χ4n) is 2.12. The monoisotopic (exact) mass is 284 g/mol. The molecule has 1 N–H and O–H groups in total. The molecule has 108 valence electrons. The van der Waals surface area contributed by atoms with Gasteiger partial charge in [-0.25, -0.2) is 4.79 Å². The summed E-state index contributed by atoms with van der Waals surface area (Å²) in [5.41, 5.74) is 1.71. The highest BCUT2D eigenvalue weighted by Gasteiger charge is 2.13. The average molecular weight is 284 g/mol. The van der Waals surface area contributed by atoms with Crippen LogP contribution in [-0.2, 0) is 11.2 Å². The standard InChI is InChI=1S/C17H16O4/c1-21-17(20)15-8-3-2-5-12(15)9-10-16(19)13-6-4-7-14(18)11-13/h2-8,11,18H,9-10H2,1H3. The van der Waals surface area contributed by atoms with Crippen molar-refractivity contribution in [1.29, 1.82) is 0 Å². The Bertz CT molecular complexity index is 661. The fourth-order valence-corrected chi connectivity index (χ4v) is 2.12. The van der Waals surface area contributed by atoms with Crippen LogP contribution in [0.15, 0.2) is 48.5 Å². The van der Waals surface area contributed by atoms with E-state index in [9.17, 15) is 14.7 Å². The molecule has 0 amide bonds. The number of phenolic OH excluding ortho intramolecular Hbond substituents is 1. The summed E-state index contributed by atoms with van der Waals surface area (Å²) in [5.74, 6) is -0.420. The number of aromatic hydroxyl groups is 1. The van der Waals surface area contributed by atoms with Crippen molar-refractivity contribution in [3.05, 3.63) is 65.2 Å². The van der Waals surface area contributed by atoms with Crippen molar-refractivity contribution in [2.24, 2.45) is 0 Å². The van der Waals surface area contributed by atoms with E-state index in [0.717, 1.165) is 5.56 Å². The van der Waals surface area contributed by atoms with E-state index in [1.807, 2.05) is 12.1 Å². The summed E-state index contributed by atoms with van der Waals surface area (Å²) in [5, 5.41) is 9.38. The Morgan fingerprint density at radius 1 is 1.10 bits per heavy atom. The molecule has 0 aliphatic heterocycles. The lowest BCUT2D eigenvalue weighted by Gasteiger charge is -2.07. The molecule has 21 heavy (non-hydrogen) atoms. The summed E-state index contributed by atoms with van der Waals surface area (Å²) in [6, 6.07) is 13.3. The number of esters is 1. The molecule has 2 rings (SSSR count). The number of phenols is 1. The van der Waals surface area contributed by atoms with E-state index in [2.05, 4.69) is 0 Å². The molecule has 0 aliphatic carbocycles. The predicted molar refractivity (Wildman–Crippen MR) is 78.5 cm³/mol. The van der Waals surface area contributed by atoms with Crippen LogP contribution in [0.1, 0.15) is 32.7 Å². The SMILES string of the molecule is COC(=O)c1ccccc1CCC(=O)c1cccc(O)c1. The molecule has 4 heteroatoms. The van der Waals surface area contributed by atoms with Crippen LogP contribution in [0.25, 0.3) is 0 Å². The Morgan fingerprint density at radius 3 is 2.57 bits per heavy atom. The van der Waals surface area contributed by atoms with E-state index >= 15 is 0 Å². The molecular formula is C17H16O4. The van der Waals surface area contributed by atoms with Crippen molar-refractivity contribution in [2.75, 3.05) is 7.11 Å². The van der Waals surface area contributed by atoms with Crippen molar-refractivity contribution in [1.82, 2.24) is 0 Å². The Balaban J connectivity index is 2.10. The maximum absolute atomic E-state index is 12.1. The lowest BCUT2D eigenvalue weighted by Crippen LogP contribution is -2.07. The minimum atomic E-state index is -0.407. The molecule has 0 bridgehead atoms. The Hall–Kier alpha value is -2.62. The topological polar surface area (TPSA) is 63.6 Å². The third-order valence-corrected chi connectivity index (χ3v) is 3.21. The van der Waals surface area contributed by atoms with Gasteiger partial charge in [-0.15, -0.1) is 0 Å². The molecule has 2 aromatic rings. The zero-order valence-corrected chi connectivity index (χ0v) is 11.7. The Labute approximate surface area is 123 Å². The minimum Gasteiger partial charge on any atom is -0.508 e. The first kappa shape index (κ1) is 14.8. The van der Waals surface area contributed by atoms with Crippen LogP contribution in [-0.4, -0.2) is 24.0 Å². The fraction of sp³-hybridized carbons (Fsp3) is 0.176. The van der Waals surface area contributed by atoms with Crippen LogP contribution in [0.5, 0.6) is 5.75 Å². The number of carbonyl (C=O) groups is 2. The number of aryl methyl sites for hydroxylation is 1. The molecule has 0 aromatic heterocycles. The first-order valence-corrected chi connectivity index (χ1v) is 6.60. The Morgan fingerprint density at radius 2 is 1.86 bits per heavy atom. The number of methoxy groups -OCH3 is 1. The van der Waals surface area contributed by atoms with Gasteiger partial charge in [0.05, 0.1) is 12.7 Å². The number of ether oxygens (including phenoxy) is 1. The molecule has 0 aliphatic rings. The number of rotatable bonds is 5. The molecule has 2 aromatic carbocycles. The second-order valence-electron chi connectivity index (χ2n) is 4.62. The number of ketones is 1. The molecule has 0 fully saturated rings.